The largest absolute Gasteiger partial charge is 0.320 e. The van der Waals surface area contributed by atoms with Gasteiger partial charge in [-0.2, -0.15) is 0 Å². The molecule has 1 saturated heterocycles. The third-order valence-corrected chi connectivity index (χ3v) is 4.52. The molecule has 0 spiro atoms. The summed E-state index contributed by atoms with van der Waals surface area (Å²) in [4.78, 5) is 16.1. The van der Waals surface area contributed by atoms with E-state index in [1.807, 2.05) is 16.8 Å². The van der Waals surface area contributed by atoms with Crippen LogP contribution in [0, 0.1) is 0 Å². The molecule has 0 radical (unpaired) electrons. The van der Waals surface area contributed by atoms with Crippen LogP contribution in [0.4, 0.5) is 4.79 Å². The Morgan fingerprint density at radius 1 is 1.21 bits per heavy atom. The van der Waals surface area contributed by atoms with E-state index in [0.29, 0.717) is 0 Å². The van der Waals surface area contributed by atoms with E-state index in [-0.39, 0.29) is 18.1 Å². The average Bonchev–Trinajstić information content (AvgIpc) is 2.95. The van der Waals surface area contributed by atoms with E-state index < -0.39 is 0 Å². The van der Waals surface area contributed by atoms with Crippen molar-refractivity contribution in [2.24, 2.45) is 0 Å². The first-order valence-electron chi connectivity index (χ1n) is 7.23. The molecule has 1 atom stereocenters. The van der Waals surface area contributed by atoms with Gasteiger partial charge < -0.3 is 9.80 Å². The maximum absolute atomic E-state index is 12.2. The molecule has 3 heteroatoms. The number of fused-ring (bicyclic) bond motifs is 1. The fourth-order valence-corrected chi connectivity index (χ4v) is 3.28. The summed E-state index contributed by atoms with van der Waals surface area (Å²) in [7, 11) is 1.92. The van der Waals surface area contributed by atoms with Crippen LogP contribution in [0.3, 0.4) is 0 Å². The third-order valence-electron chi connectivity index (χ3n) is 4.52. The number of likely N-dealkylation sites (N-methyl/N-ethyl adjacent to an activating group) is 1. The lowest BCUT2D eigenvalue weighted by molar-refractivity contribution is 0.187. The van der Waals surface area contributed by atoms with Crippen molar-refractivity contribution in [1.82, 2.24) is 9.80 Å². The standard InChI is InChI=1S/C16H22N2O/c1-11(2)18-10-15(17(3)16(18)19)14-8-7-12-5-4-6-13(12)9-14/h7-9,11,15H,4-6,10H2,1-3H3. The van der Waals surface area contributed by atoms with E-state index in [0.717, 1.165) is 6.54 Å². The number of hydrogen-bond donors (Lipinski definition) is 0. The maximum Gasteiger partial charge on any atom is 0.320 e. The van der Waals surface area contributed by atoms with Crippen molar-refractivity contribution in [3.63, 3.8) is 0 Å². The molecule has 1 aliphatic carbocycles. The molecule has 19 heavy (non-hydrogen) atoms. The Labute approximate surface area is 115 Å². The summed E-state index contributed by atoms with van der Waals surface area (Å²) in [6.45, 7) is 4.97. The Hall–Kier alpha value is -1.51. The van der Waals surface area contributed by atoms with Crippen LogP contribution in [0.25, 0.3) is 0 Å². The fraction of sp³-hybridized carbons (Fsp3) is 0.562. The van der Waals surface area contributed by atoms with Crippen molar-refractivity contribution in [2.75, 3.05) is 13.6 Å². The van der Waals surface area contributed by atoms with E-state index in [1.54, 1.807) is 0 Å². The smallest absolute Gasteiger partial charge is 0.320 e. The molecule has 3 nitrogen and oxygen atoms in total. The molecule has 2 amide bonds. The summed E-state index contributed by atoms with van der Waals surface area (Å²) in [6, 6.07) is 7.42. The van der Waals surface area contributed by atoms with Gasteiger partial charge in [-0.1, -0.05) is 18.2 Å². The number of aryl methyl sites for hydroxylation is 2. The van der Waals surface area contributed by atoms with Crippen LogP contribution >= 0.6 is 0 Å². The lowest BCUT2D eigenvalue weighted by Crippen LogP contribution is -2.34. The molecular weight excluding hydrogens is 236 g/mol. The molecule has 0 saturated carbocycles. The average molecular weight is 258 g/mol. The Balaban J connectivity index is 1.88. The van der Waals surface area contributed by atoms with Gasteiger partial charge >= 0.3 is 6.03 Å². The molecule has 1 aliphatic heterocycles. The summed E-state index contributed by atoms with van der Waals surface area (Å²) in [6.07, 6.45) is 3.69. The predicted octanol–water partition coefficient (Wildman–Crippen LogP) is 2.99. The number of amides is 2. The lowest BCUT2D eigenvalue weighted by Gasteiger charge is -2.19. The molecule has 1 heterocycles. The quantitative estimate of drug-likeness (QED) is 0.800. The van der Waals surface area contributed by atoms with Crippen molar-refractivity contribution < 1.29 is 4.79 Å². The van der Waals surface area contributed by atoms with Gasteiger partial charge in [-0.05, 0) is 49.8 Å². The second-order valence-corrected chi connectivity index (χ2v) is 6.04. The Bertz CT molecular complexity index is 509. The van der Waals surface area contributed by atoms with E-state index in [9.17, 15) is 4.79 Å². The SMILES string of the molecule is CC(C)N1CC(c2ccc3c(c2)CCC3)N(C)C1=O. The summed E-state index contributed by atoms with van der Waals surface area (Å²) in [5.74, 6) is 0. The molecule has 0 aromatic heterocycles. The van der Waals surface area contributed by atoms with Gasteiger partial charge in [0.25, 0.3) is 0 Å². The molecule has 1 aromatic rings. The minimum atomic E-state index is 0.153. The van der Waals surface area contributed by atoms with Gasteiger partial charge in [0.15, 0.2) is 0 Å². The minimum absolute atomic E-state index is 0.153. The molecular formula is C16H22N2O. The first-order valence-corrected chi connectivity index (χ1v) is 7.23. The van der Waals surface area contributed by atoms with Crippen LogP contribution in [0.1, 0.15) is 43.0 Å². The van der Waals surface area contributed by atoms with Crippen molar-refractivity contribution in [2.45, 2.75) is 45.2 Å². The van der Waals surface area contributed by atoms with Crippen LogP contribution in [-0.2, 0) is 12.8 Å². The molecule has 1 fully saturated rings. The highest BCUT2D eigenvalue weighted by molar-refractivity contribution is 5.77. The van der Waals surface area contributed by atoms with E-state index in [4.69, 9.17) is 0 Å². The molecule has 1 aromatic carbocycles. The zero-order valence-electron chi connectivity index (χ0n) is 12.0. The number of carbonyl (C=O) groups excluding carboxylic acids is 1. The van der Waals surface area contributed by atoms with Gasteiger partial charge in [-0.25, -0.2) is 4.79 Å². The first kappa shape index (κ1) is 12.5. The van der Waals surface area contributed by atoms with Crippen LogP contribution < -0.4 is 0 Å². The molecule has 0 bridgehead atoms. The number of hydrogen-bond acceptors (Lipinski definition) is 1. The minimum Gasteiger partial charge on any atom is -0.320 e. The van der Waals surface area contributed by atoms with E-state index in [1.165, 1.54) is 36.0 Å². The molecule has 1 unspecified atom stereocenters. The van der Waals surface area contributed by atoms with Gasteiger partial charge in [0.1, 0.15) is 0 Å². The predicted molar refractivity (Wildman–Crippen MR) is 76.2 cm³/mol. The maximum atomic E-state index is 12.2. The number of carbonyl (C=O) groups is 1. The van der Waals surface area contributed by atoms with Gasteiger partial charge in [0, 0.05) is 19.6 Å². The lowest BCUT2D eigenvalue weighted by atomic mass is 10.0. The van der Waals surface area contributed by atoms with Gasteiger partial charge in [0.05, 0.1) is 6.04 Å². The summed E-state index contributed by atoms with van der Waals surface area (Å²) < 4.78 is 0. The third kappa shape index (κ3) is 2.01. The van der Waals surface area contributed by atoms with Crippen LogP contribution in [0.15, 0.2) is 18.2 Å². The molecule has 2 aliphatic rings. The molecule has 3 rings (SSSR count). The van der Waals surface area contributed by atoms with Gasteiger partial charge in [0.2, 0.25) is 0 Å². The molecule has 102 valence electrons. The Morgan fingerprint density at radius 2 is 1.95 bits per heavy atom. The van der Waals surface area contributed by atoms with Crippen LogP contribution in [0.2, 0.25) is 0 Å². The second-order valence-electron chi connectivity index (χ2n) is 6.04. The summed E-state index contributed by atoms with van der Waals surface area (Å²) >= 11 is 0. The van der Waals surface area contributed by atoms with Gasteiger partial charge in [-0.15, -0.1) is 0 Å². The van der Waals surface area contributed by atoms with Crippen molar-refractivity contribution in [1.29, 1.82) is 0 Å². The van der Waals surface area contributed by atoms with Crippen molar-refractivity contribution in [3.8, 4) is 0 Å². The number of benzene rings is 1. The molecule has 0 N–H and O–H groups in total. The highest BCUT2D eigenvalue weighted by Gasteiger charge is 2.36. The summed E-state index contributed by atoms with van der Waals surface area (Å²) in [5, 5.41) is 0. The summed E-state index contributed by atoms with van der Waals surface area (Å²) in [5.41, 5.74) is 4.28. The highest BCUT2D eigenvalue weighted by Crippen LogP contribution is 2.32. The van der Waals surface area contributed by atoms with Gasteiger partial charge in [-0.3, -0.25) is 0 Å². The van der Waals surface area contributed by atoms with E-state index >= 15 is 0 Å². The zero-order chi connectivity index (χ0) is 13.6. The number of urea groups is 1. The second kappa shape index (κ2) is 4.55. The number of rotatable bonds is 2. The first-order chi connectivity index (χ1) is 9.08. The normalized spacial score (nSPS) is 22.5. The monoisotopic (exact) mass is 258 g/mol. The number of nitrogens with zero attached hydrogens (tertiary/aromatic N) is 2. The fourth-order valence-electron chi connectivity index (χ4n) is 3.28. The Morgan fingerprint density at radius 3 is 2.63 bits per heavy atom. The Kier molecular flexibility index (Phi) is 3.00. The van der Waals surface area contributed by atoms with Crippen molar-refractivity contribution in [3.05, 3.63) is 34.9 Å². The van der Waals surface area contributed by atoms with Crippen LogP contribution in [0.5, 0.6) is 0 Å². The van der Waals surface area contributed by atoms with E-state index in [2.05, 4.69) is 32.0 Å². The zero-order valence-corrected chi connectivity index (χ0v) is 12.0. The highest BCUT2D eigenvalue weighted by atomic mass is 16.2. The van der Waals surface area contributed by atoms with Crippen LogP contribution in [-0.4, -0.2) is 35.5 Å². The topological polar surface area (TPSA) is 23.6 Å². The van der Waals surface area contributed by atoms with Crippen molar-refractivity contribution >= 4 is 6.03 Å².